The van der Waals surface area contributed by atoms with E-state index in [2.05, 4.69) is 19.2 Å². The van der Waals surface area contributed by atoms with Gasteiger partial charge in [-0.15, -0.1) is 0 Å². The zero-order chi connectivity index (χ0) is 12.9. The Kier molecular flexibility index (Phi) is 5.40. The van der Waals surface area contributed by atoms with Crippen LogP contribution < -0.4 is 5.32 Å². The maximum absolute atomic E-state index is 11.3. The molecular weight excluding hydrogens is 218 g/mol. The molecular formula is C13H25NO3. The Morgan fingerprint density at radius 2 is 2.18 bits per heavy atom. The van der Waals surface area contributed by atoms with E-state index >= 15 is 0 Å². The largest absolute Gasteiger partial charge is 0.480 e. The lowest BCUT2D eigenvalue weighted by molar-refractivity contribution is -0.144. The van der Waals surface area contributed by atoms with E-state index in [1.165, 1.54) is 0 Å². The number of nitrogens with one attached hydrogen (secondary N) is 1. The summed E-state index contributed by atoms with van der Waals surface area (Å²) in [6.45, 7) is 7.38. The molecule has 1 aliphatic carbocycles. The van der Waals surface area contributed by atoms with Crippen LogP contribution in [0, 0.1) is 5.92 Å². The van der Waals surface area contributed by atoms with Crippen LogP contribution in [0.5, 0.6) is 0 Å². The van der Waals surface area contributed by atoms with Crippen molar-refractivity contribution in [2.75, 3.05) is 13.2 Å². The van der Waals surface area contributed by atoms with E-state index in [-0.39, 0.29) is 0 Å². The smallest absolute Gasteiger partial charge is 0.323 e. The third-order valence-corrected chi connectivity index (χ3v) is 2.99. The normalized spacial score (nSPS) is 19.3. The Labute approximate surface area is 104 Å². The first-order chi connectivity index (χ1) is 7.94. The topological polar surface area (TPSA) is 58.6 Å². The van der Waals surface area contributed by atoms with Crippen LogP contribution in [-0.4, -0.2) is 35.9 Å². The predicted octanol–water partition coefficient (Wildman–Crippen LogP) is 2.03. The molecule has 17 heavy (non-hydrogen) atoms. The second kappa shape index (κ2) is 6.36. The van der Waals surface area contributed by atoms with Gasteiger partial charge in [0.1, 0.15) is 5.54 Å². The van der Waals surface area contributed by atoms with Gasteiger partial charge in [-0.2, -0.15) is 0 Å². The van der Waals surface area contributed by atoms with Crippen molar-refractivity contribution in [2.24, 2.45) is 5.92 Å². The number of carboxylic acids is 1. The first-order valence-electron chi connectivity index (χ1n) is 6.53. The number of rotatable bonds is 9. The van der Waals surface area contributed by atoms with Gasteiger partial charge in [0.05, 0.1) is 0 Å². The number of hydrogen-bond donors (Lipinski definition) is 2. The second-order valence-corrected chi connectivity index (χ2v) is 5.63. The second-order valence-electron chi connectivity index (χ2n) is 5.63. The summed E-state index contributed by atoms with van der Waals surface area (Å²) in [7, 11) is 0. The molecule has 0 aromatic heterocycles. The highest BCUT2D eigenvalue weighted by Crippen LogP contribution is 2.25. The Bertz CT molecular complexity index is 251. The molecule has 0 aromatic rings. The summed E-state index contributed by atoms with van der Waals surface area (Å²) in [5, 5.41) is 12.5. The molecule has 1 saturated carbocycles. The average Bonchev–Trinajstić information content (AvgIpc) is 3.00. The number of aliphatic carboxylic acids is 1. The first kappa shape index (κ1) is 14.5. The van der Waals surface area contributed by atoms with Gasteiger partial charge in [-0.3, -0.25) is 10.1 Å². The Morgan fingerprint density at radius 3 is 2.65 bits per heavy atom. The van der Waals surface area contributed by atoms with Crippen LogP contribution in [0.1, 0.15) is 46.5 Å². The van der Waals surface area contributed by atoms with Crippen LogP contribution in [0.4, 0.5) is 0 Å². The number of hydrogen-bond acceptors (Lipinski definition) is 3. The number of ether oxygens (including phenoxy) is 1. The van der Waals surface area contributed by atoms with Crippen molar-refractivity contribution in [1.82, 2.24) is 5.32 Å². The fraction of sp³-hybridized carbons (Fsp3) is 0.923. The molecule has 0 spiro atoms. The summed E-state index contributed by atoms with van der Waals surface area (Å²) < 4.78 is 5.47. The van der Waals surface area contributed by atoms with Gasteiger partial charge in [0, 0.05) is 19.3 Å². The van der Waals surface area contributed by atoms with Crippen LogP contribution in [0.25, 0.3) is 0 Å². The SMILES string of the molecule is CC(C)COCCCC(C)(NC1CC1)C(=O)O. The Balaban J connectivity index is 2.21. The van der Waals surface area contributed by atoms with E-state index < -0.39 is 11.5 Å². The molecule has 1 fully saturated rings. The molecule has 1 rings (SSSR count). The minimum Gasteiger partial charge on any atom is -0.480 e. The molecule has 4 heteroatoms. The highest BCUT2D eigenvalue weighted by Gasteiger charge is 2.37. The van der Waals surface area contributed by atoms with E-state index in [1.807, 2.05) is 0 Å². The minimum absolute atomic E-state index is 0.410. The molecule has 0 bridgehead atoms. The molecule has 0 aliphatic heterocycles. The van der Waals surface area contributed by atoms with Crippen molar-refractivity contribution in [3.8, 4) is 0 Å². The van der Waals surface area contributed by atoms with Gasteiger partial charge in [-0.05, 0) is 38.5 Å². The molecule has 1 aliphatic rings. The lowest BCUT2D eigenvalue weighted by atomic mass is 9.96. The zero-order valence-corrected chi connectivity index (χ0v) is 11.2. The van der Waals surface area contributed by atoms with Gasteiger partial charge in [0.25, 0.3) is 0 Å². The number of carbonyl (C=O) groups is 1. The van der Waals surface area contributed by atoms with Crippen LogP contribution in [-0.2, 0) is 9.53 Å². The summed E-state index contributed by atoms with van der Waals surface area (Å²) in [5.74, 6) is -0.223. The summed E-state index contributed by atoms with van der Waals surface area (Å²) >= 11 is 0. The third-order valence-electron chi connectivity index (χ3n) is 2.99. The standard InChI is InChI=1S/C13H25NO3/c1-10(2)9-17-8-4-7-13(3,12(15)16)14-11-5-6-11/h10-11,14H,4-9H2,1-3H3,(H,15,16). The van der Waals surface area contributed by atoms with Crippen molar-refractivity contribution in [3.05, 3.63) is 0 Å². The maximum atomic E-state index is 11.3. The van der Waals surface area contributed by atoms with Gasteiger partial charge >= 0.3 is 5.97 Å². The minimum atomic E-state index is -0.789. The lowest BCUT2D eigenvalue weighted by Gasteiger charge is -2.26. The van der Waals surface area contributed by atoms with E-state index in [9.17, 15) is 9.90 Å². The van der Waals surface area contributed by atoms with Gasteiger partial charge in [0.2, 0.25) is 0 Å². The summed E-state index contributed by atoms with van der Waals surface area (Å²) in [6, 6.07) is 0.410. The van der Waals surface area contributed by atoms with Crippen molar-refractivity contribution in [2.45, 2.75) is 58.0 Å². The van der Waals surface area contributed by atoms with Gasteiger partial charge in [-0.25, -0.2) is 0 Å². The zero-order valence-electron chi connectivity index (χ0n) is 11.2. The summed E-state index contributed by atoms with van der Waals surface area (Å²) in [4.78, 5) is 11.3. The highest BCUT2D eigenvalue weighted by atomic mass is 16.5. The molecule has 0 amide bonds. The first-order valence-corrected chi connectivity index (χ1v) is 6.53. The molecule has 0 aromatic carbocycles. The summed E-state index contributed by atoms with van der Waals surface area (Å²) in [5.41, 5.74) is -0.789. The van der Waals surface area contributed by atoms with Gasteiger partial charge in [-0.1, -0.05) is 13.8 Å². The molecule has 0 heterocycles. The van der Waals surface area contributed by atoms with Crippen molar-refractivity contribution >= 4 is 5.97 Å². The van der Waals surface area contributed by atoms with E-state index in [0.717, 1.165) is 25.9 Å². The summed E-state index contributed by atoms with van der Waals surface area (Å²) in [6.07, 6.45) is 3.62. The van der Waals surface area contributed by atoms with Crippen molar-refractivity contribution < 1.29 is 14.6 Å². The molecule has 1 unspecified atom stereocenters. The van der Waals surface area contributed by atoms with Crippen molar-refractivity contribution in [1.29, 1.82) is 0 Å². The van der Waals surface area contributed by atoms with Crippen LogP contribution in [0.2, 0.25) is 0 Å². The van der Waals surface area contributed by atoms with Crippen LogP contribution in [0.15, 0.2) is 0 Å². The lowest BCUT2D eigenvalue weighted by Crippen LogP contribution is -2.50. The van der Waals surface area contributed by atoms with Gasteiger partial charge < -0.3 is 9.84 Å². The molecule has 0 saturated heterocycles. The fourth-order valence-corrected chi connectivity index (χ4v) is 1.77. The highest BCUT2D eigenvalue weighted by molar-refractivity contribution is 5.78. The molecule has 4 nitrogen and oxygen atoms in total. The monoisotopic (exact) mass is 243 g/mol. The third kappa shape index (κ3) is 5.50. The van der Waals surface area contributed by atoms with E-state index in [1.54, 1.807) is 6.92 Å². The van der Waals surface area contributed by atoms with Gasteiger partial charge in [0.15, 0.2) is 0 Å². The Morgan fingerprint density at radius 1 is 1.53 bits per heavy atom. The molecule has 1 atom stereocenters. The molecule has 0 radical (unpaired) electrons. The quantitative estimate of drug-likeness (QED) is 0.608. The van der Waals surface area contributed by atoms with E-state index in [0.29, 0.717) is 25.0 Å². The van der Waals surface area contributed by atoms with E-state index in [4.69, 9.17) is 4.74 Å². The molecule has 2 N–H and O–H groups in total. The molecule has 100 valence electrons. The predicted molar refractivity (Wildman–Crippen MR) is 67.1 cm³/mol. The average molecular weight is 243 g/mol. The van der Waals surface area contributed by atoms with Crippen molar-refractivity contribution in [3.63, 3.8) is 0 Å². The maximum Gasteiger partial charge on any atom is 0.323 e. The van der Waals surface area contributed by atoms with Crippen LogP contribution in [0.3, 0.4) is 0 Å². The Hall–Kier alpha value is -0.610. The number of carboxylic acid groups (broad SMARTS) is 1. The fourth-order valence-electron chi connectivity index (χ4n) is 1.77. The van der Waals surface area contributed by atoms with Crippen LogP contribution >= 0.6 is 0 Å².